The minimum atomic E-state index is -0.369. The van der Waals surface area contributed by atoms with Crippen LogP contribution in [0.3, 0.4) is 0 Å². The number of carbonyl (C=O) groups excluding carboxylic acids is 1. The molecule has 1 aliphatic heterocycles. The lowest BCUT2D eigenvalue weighted by Crippen LogP contribution is -2.23. The Hall–Kier alpha value is -4.71. The lowest BCUT2D eigenvalue weighted by Gasteiger charge is -2.25. The Balaban J connectivity index is 1.53. The number of aromatic nitrogens is 5. The van der Waals surface area contributed by atoms with E-state index in [-0.39, 0.29) is 12.5 Å². The van der Waals surface area contributed by atoms with E-state index in [0.29, 0.717) is 36.9 Å². The number of nitrogens with zero attached hydrogens (tertiary/aromatic N) is 7. The van der Waals surface area contributed by atoms with Crippen LogP contribution in [0.25, 0.3) is 16.6 Å². The lowest BCUT2D eigenvalue weighted by atomic mass is 10.1. The molecule has 0 radical (unpaired) electrons. The van der Waals surface area contributed by atoms with Gasteiger partial charge in [0.2, 0.25) is 0 Å². The van der Waals surface area contributed by atoms with Crippen molar-refractivity contribution < 1.29 is 19.0 Å². The topological polar surface area (TPSA) is 120 Å². The van der Waals surface area contributed by atoms with E-state index in [2.05, 4.69) is 25.6 Å². The number of methoxy groups -OCH3 is 2. The van der Waals surface area contributed by atoms with Gasteiger partial charge in [0, 0.05) is 54.9 Å². The first kappa shape index (κ1) is 25.9. The van der Waals surface area contributed by atoms with Crippen molar-refractivity contribution in [2.75, 3.05) is 39.3 Å². The van der Waals surface area contributed by atoms with E-state index in [4.69, 9.17) is 19.2 Å². The summed E-state index contributed by atoms with van der Waals surface area (Å²) in [5, 5.41) is 10.3. The summed E-state index contributed by atoms with van der Waals surface area (Å²) in [7, 11) is 5.17. The summed E-state index contributed by atoms with van der Waals surface area (Å²) < 4.78 is 17.6. The molecule has 12 heteroatoms. The van der Waals surface area contributed by atoms with E-state index in [1.807, 2.05) is 54.7 Å². The Morgan fingerprint density at radius 2 is 1.87 bits per heavy atom. The molecule has 0 spiro atoms. The molecule has 0 saturated heterocycles. The van der Waals surface area contributed by atoms with Crippen LogP contribution in [-0.4, -0.2) is 70.4 Å². The summed E-state index contributed by atoms with van der Waals surface area (Å²) in [6.07, 6.45) is 5.53. The van der Waals surface area contributed by atoms with E-state index in [1.165, 1.54) is 4.68 Å². The van der Waals surface area contributed by atoms with Crippen LogP contribution in [0, 0.1) is 0 Å². The molecule has 3 heterocycles. The zero-order valence-corrected chi connectivity index (χ0v) is 22.3. The lowest BCUT2D eigenvalue weighted by molar-refractivity contribution is -0.144. The van der Waals surface area contributed by atoms with Crippen molar-refractivity contribution in [3.63, 3.8) is 0 Å². The summed E-state index contributed by atoms with van der Waals surface area (Å²) in [5.74, 6) is 0.923. The predicted octanol–water partition coefficient (Wildman–Crippen LogP) is 2.93. The highest BCUT2D eigenvalue weighted by molar-refractivity contribution is 5.82. The molecule has 5 rings (SSSR count). The third-order valence-electron chi connectivity index (χ3n) is 6.19. The molecule has 39 heavy (non-hydrogen) atoms. The Morgan fingerprint density at radius 1 is 1.08 bits per heavy atom. The Labute approximate surface area is 225 Å². The number of rotatable bonds is 10. The molecule has 0 unspecified atom stereocenters. The van der Waals surface area contributed by atoms with Crippen molar-refractivity contribution in [3.8, 4) is 11.5 Å². The summed E-state index contributed by atoms with van der Waals surface area (Å²) in [4.78, 5) is 23.5. The fourth-order valence-electron chi connectivity index (χ4n) is 4.28. The molecule has 4 aromatic rings. The fourth-order valence-corrected chi connectivity index (χ4v) is 4.28. The molecule has 0 bridgehead atoms. The standard InChI is InChI=1S/C27H30N8O4/c1-5-39-27(36)17-34-15-19(31-32-34)16-35(21-8-22(37-3)11-23(9-21)38-4)20-6-7-24-25(10-20)30-26(13-28-24)18-12-29-33(2)14-18/h6-11,13-15,29H,5,12,16-17H2,1-4H3. The van der Waals surface area contributed by atoms with Crippen molar-refractivity contribution in [1.29, 1.82) is 0 Å². The molecule has 2 aromatic carbocycles. The van der Waals surface area contributed by atoms with Gasteiger partial charge in [0.15, 0.2) is 0 Å². The first-order valence-electron chi connectivity index (χ1n) is 12.4. The van der Waals surface area contributed by atoms with Crippen molar-refractivity contribution in [2.45, 2.75) is 20.0 Å². The molecule has 0 atom stereocenters. The van der Waals surface area contributed by atoms with Gasteiger partial charge in [0.25, 0.3) is 0 Å². The number of carbonyl (C=O) groups is 1. The summed E-state index contributed by atoms with van der Waals surface area (Å²) in [5.41, 5.74) is 8.98. The number of anilines is 2. The summed E-state index contributed by atoms with van der Waals surface area (Å²) in [6, 6.07) is 11.6. The Bertz CT molecular complexity index is 1500. The average Bonchev–Trinajstić information content (AvgIpc) is 3.59. The quantitative estimate of drug-likeness (QED) is 0.305. The monoisotopic (exact) mass is 530 g/mol. The van der Waals surface area contributed by atoms with E-state index < -0.39 is 0 Å². The van der Waals surface area contributed by atoms with E-state index in [0.717, 1.165) is 33.7 Å². The Morgan fingerprint density at radius 3 is 2.56 bits per heavy atom. The molecule has 2 aromatic heterocycles. The van der Waals surface area contributed by atoms with Crippen molar-refractivity contribution >= 4 is 34.0 Å². The molecule has 1 aliphatic rings. The third-order valence-corrected chi connectivity index (χ3v) is 6.19. The van der Waals surface area contributed by atoms with Crippen molar-refractivity contribution in [1.82, 2.24) is 35.4 Å². The first-order chi connectivity index (χ1) is 18.9. The molecular weight excluding hydrogens is 500 g/mol. The zero-order valence-electron chi connectivity index (χ0n) is 22.3. The van der Waals surface area contributed by atoms with Gasteiger partial charge in [-0.3, -0.25) is 9.78 Å². The number of hydrazine groups is 1. The number of nitrogens with one attached hydrogen (secondary N) is 1. The van der Waals surface area contributed by atoms with Crippen LogP contribution in [0.5, 0.6) is 11.5 Å². The van der Waals surface area contributed by atoms with Crippen LogP contribution in [0.1, 0.15) is 18.3 Å². The van der Waals surface area contributed by atoms with Gasteiger partial charge in [0.05, 0.1) is 56.5 Å². The highest BCUT2D eigenvalue weighted by Gasteiger charge is 2.18. The second kappa shape index (κ2) is 11.4. The van der Waals surface area contributed by atoms with Gasteiger partial charge in [-0.2, -0.15) is 0 Å². The van der Waals surface area contributed by atoms with Crippen LogP contribution in [0.15, 0.2) is 55.0 Å². The van der Waals surface area contributed by atoms with E-state index in [9.17, 15) is 4.79 Å². The molecule has 202 valence electrons. The normalized spacial score (nSPS) is 12.9. The van der Waals surface area contributed by atoms with Crippen molar-refractivity contribution in [2.24, 2.45) is 0 Å². The number of ether oxygens (including phenoxy) is 3. The van der Waals surface area contributed by atoms with Gasteiger partial charge in [-0.1, -0.05) is 5.21 Å². The average molecular weight is 531 g/mol. The zero-order chi connectivity index (χ0) is 27.4. The molecule has 0 fully saturated rings. The van der Waals surface area contributed by atoms with Gasteiger partial charge in [-0.25, -0.2) is 15.1 Å². The van der Waals surface area contributed by atoms with Gasteiger partial charge < -0.3 is 24.1 Å². The highest BCUT2D eigenvalue weighted by Crippen LogP contribution is 2.35. The predicted molar refractivity (Wildman–Crippen MR) is 145 cm³/mol. The van der Waals surface area contributed by atoms with Gasteiger partial charge in [-0.15, -0.1) is 5.10 Å². The molecule has 0 amide bonds. The van der Waals surface area contributed by atoms with Crippen LogP contribution < -0.4 is 19.8 Å². The minimum Gasteiger partial charge on any atom is -0.497 e. The number of esters is 1. The number of hydrogen-bond acceptors (Lipinski definition) is 11. The number of hydrogen-bond donors (Lipinski definition) is 1. The molecule has 12 nitrogen and oxygen atoms in total. The SMILES string of the molecule is CCOC(=O)Cn1cc(CN(c2cc(OC)cc(OC)c2)c2ccc3ncc(C4=CN(C)NC4)nc3c2)nn1. The van der Waals surface area contributed by atoms with Crippen LogP contribution >= 0.6 is 0 Å². The molecule has 0 aliphatic carbocycles. The second-order valence-corrected chi connectivity index (χ2v) is 8.90. The summed E-state index contributed by atoms with van der Waals surface area (Å²) in [6.45, 7) is 3.11. The maximum absolute atomic E-state index is 11.9. The number of benzene rings is 2. The van der Waals surface area contributed by atoms with Gasteiger partial charge in [-0.05, 0) is 25.1 Å². The fraction of sp³-hybridized carbons (Fsp3) is 0.296. The van der Waals surface area contributed by atoms with Crippen LogP contribution in [-0.2, 0) is 22.6 Å². The number of fused-ring (bicyclic) bond motifs is 1. The first-order valence-corrected chi connectivity index (χ1v) is 12.4. The highest BCUT2D eigenvalue weighted by atomic mass is 16.5. The maximum Gasteiger partial charge on any atom is 0.327 e. The molecule has 0 saturated carbocycles. The molecule has 1 N–H and O–H groups in total. The smallest absolute Gasteiger partial charge is 0.327 e. The Kier molecular flexibility index (Phi) is 7.55. The van der Waals surface area contributed by atoms with Gasteiger partial charge in [0.1, 0.15) is 23.7 Å². The second-order valence-electron chi connectivity index (χ2n) is 8.90. The summed E-state index contributed by atoms with van der Waals surface area (Å²) >= 11 is 0. The van der Waals surface area contributed by atoms with Crippen molar-refractivity contribution in [3.05, 3.63) is 66.4 Å². The van der Waals surface area contributed by atoms with Gasteiger partial charge >= 0.3 is 5.97 Å². The van der Waals surface area contributed by atoms with Crippen LogP contribution in [0.2, 0.25) is 0 Å². The van der Waals surface area contributed by atoms with E-state index in [1.54, 1.807) is 33.5 Å². The minimum absolute atomic E-state index is 0.0118. The largest absolute Gasteiger partial charge is 0.497 e. The van der Waals surface area contributed by atoms with Crippen LogP contribution in [0.4, 0.5) is 11.4 Å². The molecular formula is C27H30N8O4. The van der Waals surface area contributed by atoms with E-state index >= 15 is 0 Å². The third kappa shape index (κ3) is 5.91. The maximum atomic E-state index is 11.9.